The first-order valence-corrected chi connectivity index (χ1v) is 4.84. The molecule has 0 aliphatic carbocycles. The van der Waals surface area contributed by atoms with Crippen LogP contribution >= 0.6 is 0 Å². The van der Waals surface area contributed by atoms with Gasteiger partial charge in [0.25, 0.3) is 0 Å². The zero-order chi connectivity index (χ0) is 12.9. The van der Waals surface area contributed by atoms with Gasteiger partial charge in [-0.1, -0.05) is 0 Å². The van der Waals surface area contributed by atoms with Crippen LogP contribution in [0.3, 0.4) is 0 Å². The molecule has 4 N–H and O–H groups in total. The van der Waals surface area contributed by atoms with Crippen molar-refractivity contribution in [1.82, 2.24) is 0 Å². The van der Waals surface area contributed by atoms with Crippen molar-refractivity contribution >= 4 is 7.32 Å². The standard InChI is InChI=1S/C6H14O2.C3H9BO3/c1-5(2,7)6(3,4)8;1-3(2)7-4(5)6/h7-8H,1-4H3;3,5-6H,1-2H3. The third-order valence-corrected chi connectivity index (χ3v) is 1.89. The van der Waals surface area contributed by atoms with Crippen LogP contribution in [0.25, 0.3) is 0 Å². The van der Waals surface area contributed by atoms with E-state index in [0.717, 1.165) is 0 Å². The Morgan fingerprint density at radius 1 is 0.933 bits per heavy atom. The van der Waals surface area contributed by atoms with E-state index in [4.69, 9.17) is 20.3 Å². The van der Waals surface area contributed by atoms with Gasteiger partial charge in [-0.2, -0.15) is 0 Å². The summed E-state index contributed by atoms with van der Waals surface area (Å²) in [6, 6.07) is 0. The smallest absolute Gasteiger partial charge is 0.402 e. The number of hydrogen-bond donors (Lipinski definition) is 4. The van der Waals surface area contributed by atoms with Crippen LogP contribution in [0.5, 0.6) is 0 Å². The Balaban J connectivity index is 0. The molecule has 92 valence electrons. The first kappa shape index (κ1) is 17.3. The molecule has 0 aromatic heterocycles. The van der Waals surface area contributed by atoms with Gasteiger partial charge in [-0.05, 0) is 41.5 Å². The summed E-state index contributed by atoms with van der Waals surface area (Å²) < 4.78 is 4.36. The lowest BCUT2D eigenvalue weighted by Crippen LogP contribution is -2.44. The Labute approximate surface area is 91.9 Å². The molecule has 0 aromatic rings. The highest BCUT2D eigenvalue weighted by Gasteiger charge is 2.31. The summed E-state index contributed by atoms with van der Waals surface area (Å²) in [7, 11) is -1.63. The Bertz CT molecular complexity index is 139. The summed E-state index contributed by atoms with van der Waals surface area (Å²) in [6.07, 6.45) is -0.125. The largest absolute Gasteiger partial charge is 0.634 e. The van der Waals surface area contributed by atoms with Gasteiger partial charge in [-0.3, -0.25) is 0 Å². The molecule has 5 nitrogen and oxygen atoms in total. The van der Waals surface area contributed by atoms with Gasteiger partial charge in [0.05, 0.1) is 11.2 Å². The van der Waals surface area contributed by atoms with Crippen LogP contribution < -0.4 is 0 Å². The molecule has 0 bridgehead atoms. The van der Waals surface area contributed by atoms with Gasteiger partial charge in [0, 0.05) is 6.10 Å². The second kappa shape index (κ2) is 6.45. The predicted molar refractivity (Wildman–Crippen MR) is 59.0 cm³/mol. The fourth-order valence-electron chi connectivity index (χ4n) is 0.243. The SMILES string of the molecule is CC(C)(O)C(C)(C)O.CC(C)OB(O)O. The number of hydrogen-bond acceptors (Lipinski definition) is 5. The Morgan fingerprint density at radius 3 is 1.20 bits per heavy atom. The third kappa shape index (κ3) is 11.8. The Hall–Kier alpha value is -0.135. The molecule has 0 saturated carbocycles. The first-order chi connectivity index (χ1) is 6.38. The first-order valence-electron chi connectivity index (χ1n) is 4.84. The molecule has 0 fully saturated rings. The highest BCUT2D eigenvalue weighted by atomic mass is 16.6. The second-order valence-corrected chi connectivity index (χ2v) is 4.63. The van der Waals surface area contributed by atoms with E-state index in [0.29, 0.717) is 0 Å². The van der Waals surface area contributed by atoms with Crippen LogP contribution in [0, 0.1) is 0 Å². The molecule has 0 rings (SSSR count). The molecule has 0 aliphatic rings. The van der Waals surface area contributed by atoms with Crippen molar-refractivity contribution in [2.45, 2.75) is 58.8 Å². The quantitative estimate of drug-likeness (QED) is 0.501. The van der Waals surface area contributed by atoms with Crippen LogP contribution in [0.15, 0.2) is 0 Å². The number of aliphatic hydroxyl groups is 2. The number of rotatable bonds is 3. The monoisotopic (exact) mass is 222 g/mol. The minimum absolute atomic E-state index is 0.125. The summed E-state index contributed by atoms with van der Waals surface area (Å²) in [6.45, 7) is 9.75. The van der Waals surface area contributed by atoms with Crippen LogP contribution in [0.4, 0.5) is 0 Å². The molecule has 0 spiro atoms. The molecule has 0 saturated heterocycles. The summed E-state index contributed by atoms with van der Waals surface area (Å²) >= 11 is 0. The van der Waals surface area contributed by atoms with Crippen molar-refractivity contribution in [3.8, 4) is 0 Å². The lowest BCUT2D eigenvalue weighted by atomic mass is 9.90. The average Bonchev–Trinajstić information content (AvgIpc) is 1.78. The molecule has 0 aliphatic heterocycles. The van der Waals surface area contributed by atoms with Crippen molar-refractivity contribution < 1.29 is 24.9 Å². The van der Waals surface area contributed by atoms with Gasteiger partial charge in [0.2, 0.25) is 0 Å². The van der Waals surface area contributed by atoms with E-state index in [1.807, 2.05) is 0 Å². The average molecular weight is 222 g/mol. The van der Waals surface area contributed by atoms with E-state index >= 15 is 0 Å². The van der Waals surface area contributed by atoms with Gasteiger partial charge >= 0.3 is 7.32 Å². The molecule has 0 heterocycles. The highest BCUT2D eigenvalue weighted by Crippen LogP contribution is 2.19. The molecule has 0 atom stereocenters. The molecule has 0 aromatic carbocycles. The maximum absolute atomic E-state index is 9.10. The van der Waals surface area contributed by atoms with E-state index < -0.39 is 18.5 Å². The molecule has 0 radical (unpaired) electrons. The minimum Gasteiger partial charge on any atom is -0.402 e. The van der Waals surface area contributed by atoms with Crippen molar-refractivity contribution in [1.29, 1.82) is 0 Å². The summed E-state index contributed by atoms with van der Waals surface area (Å²) in [5.41, 5.74) is -2.01. The Morgan fingerprint density at radius 2 is 1.20 bits per heavy atom. The maximum Gasteiger partial charge on any atom is 0.634 e. The second-order valence-electron chi connectivity index (χ2n) is 4.63. The van der Waals surface area contributed by atoms with E-state index in [2.05, 4.69) is 4.65 Å². The van der Waals surface area contributed by atoms with Gasteiger partial charge in [0.1, 0.15) is 0 Å². The van der Waals surface area contributed by atoms with E-state index in [1.165, 1.54) is 0 Å². The predicted octanol–water partition coefficient (Wildman–Crippen LogP) is -0.0909. The fourth-order valence-corrected chi connectivity index (χ4v) is 0.243. The molecule has 15 heavy (non-hydrogen) atoms. The lowest BCUT2D eigenvalue weighted by molar-refractivity contribution is -0.107. The van der Waals surface area contributed by atoms with E-state index in [-0.39, 0.29) is 6.10 Å². The van der Waals surface area contributed by atoms with Crippen LogP contribution in [-0.2, 0) is 4.65 Å². The summed E-state index contributed by atoms with van der Waals surface area (Å²) in [5, 5.41) is 34.3. The van der Waals surface area contributed by atoms with Crippen LogP contribution in [0.2, 0.25) is 0 Å². The zero-order valence-corrected chi connectivity index (χ0v) is 10.4. The van der Waals surface area contributed by atoms with Crippen LogP contribution in [0.1, 0.15) is 41.5 Å². The van der Waals surface area contributed by atoms with Gasteiger partial charge in [-0.25, -0.2) is 0 Å². The Kier molecular flexibility index (Phi) is 7.42. The van der Waals surface area contributed by atoms with Crippen LogP contribution in [-0.4, -0.2) is 44.9 Å². The minimum atomic E-state index is -1.63. The van der Waals surface area contributed by atoms with Crippen molar-refractivity contribution in [3.63, 3.8) is 0 Å². The molecular weight excluding hydrogens is 199 g/mol. The van der Waals surface area contributed by atoms with Gasteiger partial charge in [0.15, 0.2) is 0 Å². The maximum atomic E-state index is 9.10. The van der Waals surface area contributed by atoms with E-state index in [1.54, 1.807) is 41.5 Å². The molecule has 0 unspecified atom stereocenters. The van der Waals surface area contributed by atoms with E-state index in [9.17, 15) is 0 Å². The topological polar surface area (TPSA) is 90.2 Å². The normalized spacial score (nSPS) is 12.2. The molecule has 6 heteroatoms. The fraction of sp³-hybridized carbons (Fsp3) is 1.00. The van der Waals surface area contributed by atoms with Gasteiger partial charge in [-0.15, -0.1) is 0 Å². The zero-order valence-electron chi connectivity index (χ0n) is 10.4. The highest BCUT2D eigenvalue weighted by molar-refractivity contribution is 6.32. The molecular formula is C9H23BO5. The van der Waals surface area contributed by atoms with Crippen molar-refractivity contribution in [3.05, 3.63) is 0 Å². The van der Waals surface area contributed by atoms with Gasteiger partial charge < -0.3 is 24.9 Å². The van der Waals surface area contributed by atoms with Crippen molar-refractivity contribution in [2.75, 3.05) is 0 Å². The molecule has 0 amide bonds. The van der Waals surface area contributed by atoms with Crippen molar-refractivity contribution in [2.24, 2.45) is 0 Å². The lowest BCUT2D eigenvalue weighted by Gasteiger charge is -2.31. The summed E-state index contributed by atoms with van der Waals surface area (Å²) in [5.74, 6) is 0. The third-order valence-electron chi connectivity index (χ3n) is 1.89. The summed E-state index contributed by atoms with van der Waals surface area (Å²) in [4.78, 5) is 0.